The summed E-state index contributed by atoms with van der Waals surface area (Å²) in [6, 6.07) is 4.84. The van der Waals surface area contributed by atoms with E-state index in [1.54, 1.807) is 23.6 Å². The third-order valence-electron chi connectivity index (χ3n) is 6.80. The van der Waals surface area contributed by atoms with Crippen molar-refractivity contribution in [3.05, 3.63) is 62.8 Å². The van der Waals surface area contributed by atoms with Crippen molar-refractivity contribution in [1.29, 1.82) is 0 Å². The molecule has 2 amide bonds. The molecule has 7 nitrogen and oxygen atoms in total. The molecule has 0 saturated carbocycles. The highest BCUT2D eigenvalue weighted by Gasteiger charge is 2.57. The van der Waals surface area contributed by atoms with E-state index in [1.807, 2.05) is 4.90 Å². The molecule has 5 rings (SSSR count). The normalized spacial score (nSPS) is 24.0. The van der Waals surface area contributed by atoms with E-state index in [0.29, 0.717) is 12.1 Å². The Balaban J connectivity index is 1.46. The second kappa shape index (κ2) is 6.42. The molecule has 2 N–H and O–H groups in total. The molecular weight excluding hydrogens is 389 g/mol. The minimum absolute atomic E-state index is 0.0504. The summed E-state index contributed by atoms with van der Waals surface area (Å²) in [6.07, 6.45) is 4.95. The average molecular weight is 411 g/mol. The van der Waals surface area contributed by atoms with Crippen molar-refractivity contribution in [3.8, 4) is 5.75 Å². The van der Waals surface area contributed by atoms with Crippen LogP contribution in [0.1, 0.15) is 57.7 Å². The van der Waals surface area contributed by atoms with Gasteiger partial charge in [-0.1, -0.05) is 12.1 Å². The molecule has 2 aromatic rings. The molecule has 0 unspecified atom stereocenters. The zero-order valence-corrected chi connectivity index (χ0v) is 16.6. The Hall–Kier alpha value is -3.16. The minimum Gasteiger partial charge on any atom is -0.503 e. The highest BCUT2D eigenvalue weighted by Crippen LogP contribution is 2.50. The largest absolute Gasteiger partial charge is 0.503 e. The number of pyridine rings is 1. The third kappa shape index (κ3) is 2.59. The Morgan fingerprint density at radius 2 is 2.03 bits per heavy atom. The van der Waals surface area contributed by atoms with Crippen molar-refractivity contribution >= 4 is 11.8 Å². The standard InChI is InChI=1S/C22H22FN3O4/c1-12-2-3-13(16(23)8-12)9-24-20(29)15-10-25-11-22-6-4-14(5-7-22)26(22)21(30)17(25)19(28)18(15)27/h2-3,8,10,14,28H,4-7,9,11H2,1H3,(H,24,29). The predicted molar refractivity (Wildman–Crippen MR) is 106 cm³/mol. The summed E-state index contributed by atoms with van der Waals surface area (Å²) in [5.41, 5.74) is -0.434. The number of nitrogens with zero attached hydrogens (tertiary/aromatic N) is 2. The third-order valence-corrected chi connectivity index (χ3v) is 6.80. The number of carbonyl (C=O) groups excluding carboxylic acids is 2. The van der Waals surface area contributed by atoms with Crippen LogP contribution in [0.15, 0.2) is 29.2 Å². The van der Waals surface area contributed by atoms with Crippen molar-refractivity contribution in [2.75, 3.05) is 0 Å². The van der Waals surface area contributed by atoms with Gasteiger partial charge in [0.05, 0.1) is 5.54 Å². The van der Waals surface area contributed by atoms with Gasteiger partial charge in [0.1, 0.15) is 11.4 Å². The fourth-order valence-corrected chi connectivity index (χ4v) is 5.30. The van der Waals surface area contributed by atoms with Crippen molar-refractivity contribution in [2.45, 2.75) is 57.3 Å². The first kappa shape index (κ1) is 18.8. The number of aromatic hydroxyl groups is 1. The Morgan fingerprint density at radius 3 is 2.73 bits per heavy atom. The van der Waals surface area contributed by atoms with E-state index in [1.165, 1.54) is 12.3 Å². The summed E-state index contributed by atoms with van der Waals surface area (Å²) in [5, 5.41) is 13.0. The molecule has 2 bridgehead atoms. The maximum absolute atomic E-state index is 14.0. The number of hydrogen-bond acceptors (Lipinski definition) is 4. The fourth-order valence-electron chi connectivity index (χ4n) is 5.30. The van der Waals surface area contributed by atoms with Crippen LogP contribution in [-0.2, 0) is 13.1 Å². The number of carbonyl (C=O) groups is 2. The predicted octanol–water partition coefficient (Wildman–Crippen LogP) is 2.08. The van der Waals surface area contributed by atoms with E-state index < -0.39 is 22.9 Å². The van der Waals surface area contributed by atoms with Crippen LogP contribution in [0.4, 0.5) is 4.39 Å². The van der Waals surface area contributed by atoms with Gasteiger partial charge in [0, 0.05) is 30.9 Å². The molecule has 2 saturated heterocycles. The Kier molecular flexibility index (Phi) is 4.03. The minimum atomic E-state index is -0.890. The first-order valence-corrected chi connectivity index (χ1v) is 10.1. The summed E-state index contributed by atoms with van der Waals surface area (Å²) in [7, 11) is 0. The molecule has 30 heavy (non-hydrogen) atoms. The van der Waals surface area contributed by atoms with Crippen LogP contribution in [0.25, 0.3) is 0 Å². The number of halogens is 1. The molecule has 2 fully saturated rings. The zero-order valence-electron chi connectivity index (χ0n) is 16.6. The first-order valence-electron chi connectivity index (χ1n) is 10.1. The molecule has 0 spiro atoms. The van der Waals surface area contributed by atoms with Gasteiger partial charge in [-0.05, 0) is 44.2 Å². The van der Waals surface area contributed by atoms with Gasteiger partial charge in [0.25, 0.3) is 11.8 Å². The van der Waals surface area contributed by atoms with Crippen LogP contribution in [0.3, 0.4) is 0 Å². The maximum atomic E-state index is 14.0. The molecule has 0 atom stereocenters. The summed E-state index contributed by atoms with van der Waals surface area (Å²) >= 11 is 0. The lowest BCUT2D eigenvalue weighted by Gasteiger charge is -2.41. The van der Waals surface area contributed by atoms with Crippen molar-refractivity contribution < 1.29 is 19.1 Å². The van der Waals surface area contributed by atoms with Gasteiger partial charge >= 0.3 is 0 Å². The molecule has 1 aromatic carbocycles. The second-order valence-electron chi connectivity index (χ2n) is 8.61. The van der Waals surface area contributed by atoms with Gasteiger partial charge in [-0.15, -0.1) is 0 Å². The number of amides is 2. The fraction of sp³-hybridized carbons (Fsp3) is 0.409. The van der Waals surface area contributed by atoms with Gasteiger partial charge in [0.2, 0.25) is 5.43 Å². The van der Waals surface area contributed by atoms with Crippen LogP contribution in [0.2, 0.25) is 0 Å². The van der Waals surface area contributed by atoms with E-state index >= 15 is 0 Å². The van der Waals surface area contributed by atoms with Gasteiger partial charge in [-0.3, -0.25) is 14.4 Å². The number of fused-ring (bicyclic) bond motifs is 1. The number of aromatic nitrogens is 1. The van der Waals surface area contributed by atoms with Gasteiger partial charge in [-0.25, -0.2) is 4.39 Å². The van der Waals surface area contributed by atoms with E-state index in [9.17, 15) is 23.9 Å². The summed E-state index contributed by atoms with van der Waals surface area (Å²) < 4.78 is 15.6. The SMILES string of the molecule is Cc1ccc(CNC(=O)c2cn3c(c(O)c2=O)C(=O)N2C4CCC2(CC4)C3)c(F)c1. The number of hydrogen-bond donors (Lipinski definition) is 2. The maximum Gasteiger partial charge on any atom is 0.275 e. The molecule has 4 heterocycles. The van der Waals surface area contributed by atoms with E-state index in [2.05, 4.69) is 5.32 Å². The smallest absolute Gasteiger partial charge is 0.275 e. The Labute approximate surface area is 172 Å². The average Bonchev–Trinajstić information content (AvgIpc) is 3.25. The Bertz CT molecular complexity index is 1150. The highest BCUT2D eigenvalue weighted by molar-refractivity contribution is 5.99. The quantitative estimate of drug-likeness (QED) is 0.809. The molecule has 8 heteroatoms. The molecule has 0 aliphatic carbocycles. The number of aryl methyl sites for hydroxylation is 1. The second-order valence-corrected chi connectivity index (χ2v) is 8.61. The lowest BCUT2D eigenvalue weighted by molar-refractivity contribution is 0.0490. The zero-order chi connectivity index (χ0) is 21.2. The number of rotatable bonds is 3. The molecular formula is C22H22FN3O4. The van der Waals surface area contributed by atoms with E-state index in [-0.39, 0.29) is 35.3 Å². The Morgan fingerprint density at radius 1 is 1.30 bits per heavy atom. The monoisotopic (exact) mass is 411 g/mol. The van der Waals surface area contributed by atoms with Crippen molar-refractivity contribution in [3.63, 3.8) is 0 Å². The van der Waals surface area contributed by atoms with Crippen LogP contribution < -0.4 is 10.7 Å². The first-order chi connectivity index (χ1) is 14.3. The number of benzene rings is 1. The molecule has 0 radical (unpaired) electrons. The van der Waals surface area contributed by atoms with Gasteiger partial charge in [0.15, 0.2) is 11.4 Å². The summed E-state index contributed by atoms with van der Waals surface area (Å²) in [5.74, 6) is -2.20. The van der Waals surface area contributed by atoms with Crippen LogP contribution >= 0.6 is 0 Å². The van der Waals surface area contributed by atoms with E-state index in [4.69, 9.17) is 0 Å². The lowest BCUT2D eigenvalue weighted by atomic mass is 9.86. The van der Waals surface area contributed by atoms with E-state index in [0.717, 1.165) is 31.2 Å². The van der Waals surface area contributed by atoms with Crippen LogP contribution in [0.5, 0.6) is 5.75 Å². The molecule has 3 aliphatic heterocycles. The van der Waals surface area contributed by atoms with Crippen molar-refractivity contribution in [1.82, 2.24) is 14.8 Å². The lowest BCUT2D eigenvalue weighted by Crippen LogP contribution is -2.53. The van der Waals surface area contributed by atoms with Crippen LogP contribution in [-0.4, -0.2) is 38.0 Å². The molecule has 156 valence electrons. The van der Waals surface area contributed by atoms with Crippen molar-refractivity contribution in [2.24, 2.45) is 0 Å². The molecule has 1 aromatic heterocycles. The topological polar surface area (TPSA) is 91.6 Å². The molecule has 3 aliphatic rings. The van der Waals surface area contributed by atoms with Gasteiger partial charge < -0.3 is 19.9 Å². The number of nitrogens with one attached hydrogen (secondary N) is 1. The summed E-state index contributed by atoms with van der Waals surface area (Å²) in [4.78, 5) is 40.2. The van der Waals surface area contributed by atoms with Gasteiger partial charge in [-0.2, -0.15) is 0 Å². The summed E-state index contributed by atoms with van der Waals surface area (Å²) in [6.45, 7) is 2.12. The van der Waals surface area contributed by atoms with Crippen LogP contribution in [0, 0.1) is 12.7 Å². The highest BCUT2D eigenvalue weighted by atomic mass is 19.1.